The van der Waals surface area contributed by atoms with Gasteiger partial charge in [0.25, 0.3) is 0 Å². The maximum absolute atomic E-state index is 9.53. The van der Waals surface area contributed by atoms with E-state index in [1.165, 1.54) is 0 Å². The number of hydrogen-bond acceptors (Lipinski definition) is 2. The van der Waals surface area contributed by atoms with Gasteiger partial charge in [0.2, 0.25) is 0 Å². The fourth-order valence-electron chi connectivity index (χ4n) is 2.08. The Morgan fingerprint density at radius 3 is 2.54 bits per heavy atom. The third-order valence-corrected chi connectivity index (χ3v) is 2.78. The lowest BCUT2D eigenvalue weighted by atomic mass is 9.93. The van der Waals surface area contributed by atoms with Gasteiger partial charge in [-0.15, -0.1) is 6.58 Å². The molecule has 1 aliphatic heterocycles. The Morgan fingerprint density at radius 2 is 2.15 bits per heavy atom. The van der Waals surface area contributed by atoms with Crippen LogP contribution in [0.1, 0.15) is 27.2 Å². The molecule has 1 N–H and O–H groups in total. The molecule has 0 saturated carbocycles. The molecule has 1 fully saturated rings. The SMILES string of the molecule is C=CC(O)C1C[C@@H](C)[C@H](C(C)C)O1. The van der Waals surface area contributed by atoms with Crippen molar-refractivity contribution in [2.24, 2.45) is 11.8 Å². The van der Waals surface area contributed by atoms with Crippen molar-refractivity contribution >= 4 is 0 Å². The third-order valence-electron chi connectivity index (χ3n) is 2.78. The van der Waals surface area contributed by atoms with Crippen molar-refractivity contribution in [2.75, 3.05) is 0 Å². The standard InChI is InChI=1S/C11H20O2/c1-5-9(12)10-6-8(4)11(13-10)7(2)3/h5,7-12H,1,6H2,2-4H3/t8-,9?,10?,11+/m1/s1. The molecular formula is C11H20O2. The highest BCUT2D eigenvalue weighted by Crippen LogP contribution is 2.32. The van der Waals surface area contributed by atoms with Gasteiger partial charge in [-0.25, -0.2) is 0 Å². The molecule has 1 saturated heterocycles. The minimum absolute atomic E-state index is 0.0418. The highest BCUT2D eigenvalue weighted by atomic mass is 16.5. The molecule has 0 amide bonds. The summed E-state index contributed by atoms with van der Waals surface area (Å²) in [5.41, 5.74) is 0. The van der Waals surface area contributed by atoms with Crippen LogP contribution in [-0.4, -0.2) is 23.4 Å². The number of aliphatic hydroxyl groups excluding tert-OH is 1. The quantitative estimate of drug-likeness (QED) is 0.680. The molecule has 0 spiro atoms. The molecule has 1 rings (SSSR count). The van der Waals surface area contributed by atoms with Gasteiger partial charge in [0.15, 0.2) is 0 Å². The van der Waals surface area contributed by atoms with Crippen molar-refractivity contribution in [1.29, 1.82) is 0 Å². The first kappa shape index (κ1) is 10.7. The molecule has 2 heteroatoms. The summed E-state index contributed by atoms with van der Waals surface area (Å²) >= 11 is 0. The number of rotatable bonds is 3. The van der Waals surface area contributed by atoms with Gasteiger partial charge in [-0.3, -0.25) is 0 Å². The summed E-state index contributed by atoms with van der Waals surface area (Å²) in [6.45, 7) is 10.1. The van der Waals surface area contributed by atoms with Crippen molar-refractivity contribution in [3.8, 4) is 0 Å². The van der Waals surface area contributed by atoms with Gasteiger partial charge in [-0.1, -0.05) is 26.8 Å². The van der Waals surface area contributed by atoms with Crippen molar-refractivity contribution in [3.63, 3.8) is 0 Å². The summed E-state index contributed by atoms with van der Waals surface area (Å²) in [6, 6.07) is 0. The fraction of sp³-hybridized carbons (Fsp3) is 0.818. The van der Waals surface area contributed by atoms with E-state index < -0.39 is 6.10 Å². The third kappa shape index (κ3) is 2.32. The predicted octanol–water partition coefficient (Wildman–Crippen LogP) is 1.98. The molecule has 2 unspecified atom stereocenters. The van der Waals surface area contributed by atoms with Crippen LogP contribution < -0.4 is 0 Å². The first-order chi connectivity index (χ1) is 6.06. The lowest BCUT2D eigenvalue weighted by Gasteiger charge is -2.20. The summed E-state index contributed by atoms with van der Waals surface area (Å²) in [5, 5.41) is 9.53. The monoisotopic (exact) mass is 184 g/mol. The molecule has 0 aliphatic carbocycles. The molecule has 0 aromatic heterocycles. The van der Waals surface area contributed by atoms with Gasteiger partial charge in [0, 0.05) is 0 Å². The second kappa shape index (κ2) is 4.25. The van der Waals surface area contributed by atoms with E-state index in [1.54, 1.807) is 6.08 Å². The average molecular weight is 184 g/mol. The largest absolute Gasteiger partial charge is 0.386 e. The zero-order valence-corrected chi connectivity index (χ0v) is 8.73. The van der Waals surface area contributed by atoms with Crippen LogP contribution in [0.5, 0.6) is 0 Å². The van der Waals surface area contributed by atoms with E-state index in [9.17, 15) is 5.11 Å². The molecule has 0 radical (unpaired) electrons. The summed E-state index contributed by atoms with van der Waals surface area (Å²) < 4.78 is 5.77. The summed E-state index contributed by atoms with van der Waals surface area (Å²) in [7, 11) is 0. The molecule has 4 atom stereocenters. The normalized spacial score (nSPS) is 36.5. The Balaban J connectivity index is 2.54. The molecule has 76 valence electrons. The Morgan fingerprint density at radius 1 is 1.54 bits per heavy atom. The van der Waals surface area contributed by atoms with Gasteiger partial charge in [-0.05, 0) is 18.3 Å². The molecule has 0 aromatic rings. The molecule has 1 aliphatic rings. The fourth-order valence-corrected chi connectivity index (χ4v) is 2.08. The maximum atomic E-state index is 9.53. The van der Waals surface area contributed by atoms with Crippen LogP contribution in [-0.2, 0) is 4.74 Å². The maximum Gasteiger partial charge on any atom is 0.0980 e. The van der Waals surface area contributed by atoms with E-state index in [0.717, 1.165) is 6.42 Å². The Labute approximate surface area is 80.6 Å². The highest BCUT2D eigenvalue weighted by Gasteiger charge is 2.36. The van der Waals surface area contributed by atoms with Crippen LogP contribution in [0.2, 0.25) is 0 Å². The van der Waals surface area contributed by atoms with Crippen LogP contribution in [0.3, 0.4) is 0 Å². The van der Waals surface area contributed by atoms with Gasteiger partial charge >= 0.3 is 0 Å². The van der Waals surface area contributed by atoms with Crippen LogP contribution in [0.4, 0.5) is 0 Å². The Hall–Kier alpha value is -0.340. The average Bonchev–Trinajstić information content (AvgIpc) is 2.46. The Bertz CT molecular complexity index is 177. The molecule has 0 aromatic carbocycles. The van der Waals surface area contributed by atoms with Gasteiger partial charge in [-0.2, -0.15) is 0 Å². The minimum Gasteiger partial charge on any atom is -0.386 e. The van der Waals surface area contributed by atoms with Crippen molar-refractivity contribution < 1.29 is 9.84 Å². The van der Waals surface area contributed by atoms with Gasteiger partial charge in [0.05, 0.1) is 18.3 Å². The van der Waals surface area contributed by atoms with Gasteiger partial charge < -0.3 is 9.84 Å². The van der Waals surface area contributed by atoms with Crippen LogP contribution in [0, 0.1) is 11.8 Å². The second-order valence-corrected chi connectivity index (χ2v) is 4.32. The summed E-state index contributed by atoms with van der Waals surface area (Å²) in [5.74, 6) is 1.07. The van der Waals surface area contributed by atoms with Crippen molar-refractivity contribution in [1.82, 2.24) is 0 Å². The minimum atomic E-state index is -0.508. The highest BCUT2D eigenvalue weighted by molar-refractivity contribution is 4.92. The lowest BCUT2D eigenvalue weighted by Crippen LogP contribution is -2.26. The zero-order chi connectivity index (χ0) is 10.0. The van der Waals surface area contributed by atoms with E-state index >= 15 is 0 Å². The topological polar surface area (TPSA) is 29.5 Å². The van der Waals surface area contributed by atoms with Crippen molar-refractivity contribution in [2.45, 2.75) is 45.5 Å². The lowest BCUT2D eigenvalue weighted by molar-refractivity contribution is -0.0360. The van der Waals surface area contributed by atoms with E-state index in [1.807, 2.05) is 0 Å². The molecule has 13 heavy (non-hydrogen) atoms. The van der Waals surface area contributed by atoms with Crippen LogP contribution in [0.25, 0.3) is 0 Å². The molecular weight excluding hydrogens is 164 g/mol. The predicted molar refractivity (Wildman–Crippen MR) is 53.5 cm³/mol. The number of ether oxygens (including phenoxy) is 1. The van der Waals surface area contributed by atoms with E-state index in [0.29, 0.717) is 17.9 Å². The number of aliphatic hydroxyl groups is 1. The van der Waals surface area contributed by atoms with Crippen molar-refractivity contribution in [3.05, 3.63) is 12.7 Å². The second-order valence-electron chi connectivity index (χ2n) is 4.32. The zero-order valence-electron chi connectivity index (χ0n) is 8.73. The summed E-state index contributed by atoms with van der Waals surface area (Å²) in [6.07, 6.45) is 2.24. The van der Waals surface area contributed by atoms with Gasteiger partial charge in [0.1, 0.15) is 0 Å². The molecule has 2 nitrogen and oxygen atoms in total. The van der Waals surface area contributed by atoms with Crippen LogP contribution in [0.15, 0.2) is 12.7 Å². The molecule has 1 heterocycles. The first-order valence-electron chi connectivity index (χ1n) is 5.02. The Kier molecular flexibility index (Phi) is 3.51. The molecule has 0 bridgehead atoms. The summed E-state index contributed by atoms with van der Waals surface area (Å²) in [4.78, 5) is 0. The van der Waals surface area contributed by atoms with E-state index in [4.69, 9.17) is 4.74 Å². The van der Waals surface area contributed by atoms with Crippen LogP contribution >= 0.6 is 0 Å². The smallest absolute Gasteiger partial charge is 0.0980 e. The van der Waals surface area contributed by atoms with E-state index in [2.05, 4.69) is 27.4 Å². The number of hydrogen-bond donors (Lipinski definition) is 1. The first-order valence-corrected chi connectivity index (χ1v) is 5.02. The van der Waals surface area contributed by atoms with E-state index in [-0.39, 0.29) is 6.10 Å².